The van der Waals surface area contributed by atoms with Gasteiger partial charge in [0.25, 0.3) is 0 Å². The van der Waals surface area contributed by atoms with Crippen molar-refractivity contribution in [2.75, 3.05) is 26.4 Å². The second-order valence-corrected chi connectivity index (χ2v) is 9.76. The number of carbonyl (C=O) groups is 1. The Bertz CT molecular complexity index is 1060. The fraction of sp³-hybridized carbons (Fsp3) is 0.409. The predicted octanol–water partition coefficient (Wildman–Crippen LogP) is 2.19. The number of morpholine rings is 1. The normalized spacial score (nSPS) is 21.2. The van der Waals surface area contributed by atoms with Crippen LogP contribution in [0.25, 0.3) is 0 Å². The number of ketones is 1. The Morgan fingerprint density at radius 3 is 2.58 bits per heavy atom. The smallest absolute Gasteiger partial charge is 0.243 e. The molecule has 166 valence electrons. The molecule has 2 aromatic rings. The summed E-state index contributed by atoms with van der Waals surface area (Å²) in [4.78, 5) is 12.8. The van der Waals surface area contributed by atoms with E-state index in [1.54, 1.807) is 12.1 Å². The van der Waals surface area contributed by atoms with Crippen LogP contribution in [0.5, 0.6) is 11.5 Å². The molecule has 2 aromatic carbocycles. The van der Waals surface area contributed by atoms with Gasteiger partial charge in [0.15, 0.2) is 17.3 Å². The highest BCUT2D eigenvalue weighted by Crippen LogP contribution is 2.32. The van der Waals surface area contributed by atoms with Crippen molar-refractivity contribution in [2.45, 2.75) is 37.5 Å². The van der Waals surface area contributed by atoms with Crippen molar-refractivity contribution in [2.24, 2.45) is 0 Å². The maximum atomic E-state index is 13.1. The minimum atomic E-state index is -3.70. The van der Waals surface area contributed by atoms with E-state index in [1.165, 1.54) is 16.4 Å². The highest BCUT2D eigenvalue weighted by molar-refractivity contribution is 7.89. The molecule has 4 rings (SSSR count). The number of benzene rings is 2. The van der Waals surface area contributed by atoms with E-state index in [9.17, 15) is 13.2 Å². The lowest BCUT2D eigenvalue weighted by Gasteiger charge is -2.34. The number of hydrogen-bond donors (Lipinski definition) is 1. The second kappa shape index (κ2) is 8.96. The lowest BCUT2D eigenvalue weighted by Crippen LogP contribution is -2.48. The minimum Gasteiger partial charge on any atom is -0.454 e. The van der Waals surface area contributed by atoms with Crippen LogP contribution >= 0.6 is 0 Å². The van der Waals surface area contributed by atoms with Gasteiger partial charge in [-0.2, -0.15) is 4.31 Å². The Morgan fingerprint density at radius 1 is 1.06 bits per heavy atom. The van der Waals surface area contributed by atoms with Crippen molar-refractivity contribution >= 4 is 15.8 Å². The van der Waals surface area contributed by atoms with E-state index in [2.05, 4.69) is 5.32 Å². The second-order valence-electron chi connectivity index (χ2n) is 7.82. The summed E-state index contributed by atoms with van der Waals surface area (Å²) in [6.45, 7) is 5.07. The number of Topliss-reactive ketones (excluding diaryl/α,β-unsaturated/α-hetero) is 1. The van der Waals surface area contributed by atoms with E-state index in [1.807, 2.05) is 32.0 Å². The van der Waals surface area contributed by atoms with Gasteiger partial charge in [-0.1, -0.05) is 18.2 Å². The quantitative estimate of drug-likeness (QED) is 0.652. The van der Waals surface area contributed by atoms with Crippen LogP contribution in [-0.4, -0.2) is 57.1 Å². The van der Waals surface area contributed by atoms with Gasteiger partial charge >= 0.3 is 0 Å². The van der Waals surface area contributed by atoms with E-state index < -0.39 is 10.0 Å². The Balaban J connectivity index is 1.40. The van der Waals surface area contributed by atoms with Crippen molar-refractivity contribution in [3.63, 3.8) is 0 Å². The van der Waals surface area contributed by atoms with Gasteiger partial charge in [-0.3, -0.25) is 4.79 Å². The van der Waals surface area contributed by atoms with Crippen LogP contribution in [0.3, 0.4) is 0 Å². The van der Waals surface area contributed by atoms with Gasteiger partial charge in [0.05, 0.1) is 23.6 Å². The van der Waals surface area contributed by atoms with E-state index >= 15 is 0 Å². The maximum absolute atomic E-state index is 13.1. The van der Waals surface area contributed by atoms with Crippen molar-refractivity contribution in [3.05, 3.63) is 53.6 Å². The molecule has 1 fully saturated rings. The first-order chi connectivity index (χ1) is 14.8. The molecule has 1 N–H and O–H groups in total. The Kier molecular flexibility index (Phi) is 6.29. The van der Waals surface area contributed by atoms with E-state index in [0.29, 0.717) is 36.7 Å². The Labute approximate surface area is 182 Å². The summed E-state index contributed by atoms with van der Waals surface area (Å²) in [6.07, 6.45) is -0.354. The molecule has 2 aliphatic rings. The number of nitrogens with zero attached hydrogens (tertiary/aromatic N) is 1. The molecule has 0 aromatic heterocycles. The fourth-order valence-electron chi connectivity index (χ4n) is 3.78. The molecule has 31 heavy (non-hydrogen) atoms. The first kappa shape index (κ1) is 21.8. The molecule has 0 radical (unpaired) electrons. The summed E-state index contributed by atoms with van der Waals surface area (Å²) in [5.74, 6) is 1.22. The molecular weight excluding hydrogens is 420 g/mol. The van der Waals surface area contributed by atoms with Crippen LogP contribution in [0.4, 0.5) is 0 Å². The number of carbonyl (C=O) groups excluding carboxylic acids is 1. The van der Waals surface area contributed by atoms with Crippen molar-refractivity contribution < 1.29 is 27.4 Å². The Hall–Kier alpha value is -2.46. The molecule has 8 nitrogen and oxygen atoms in total. The van der Waals surface area contributed by atoms with E-state index in [4.69, 9.17) is 14.2 Å². The minimum absolute atomic E-state index is 0.0869. The van der Waals surface area contributed by atoms with Gasteiger partial charge in [-0.15, -0.1) is 0 Å². The highest BCUT2D eigenvalue weighted by Gasteiger charge is 2.32. The molecule has 0 amide bonds. The summed E-state index contributed by atoms with van der Waals surface area (Å²) < 4.78 is 43.8. The molecule has 2 unspecified atom stereocenters. The molecule has 9 heteroatoms. The standard InChI is InChI=1S/C22H26N2O6S/c1-15-12-24(13-16(2)30-15)31(26,27)19-5-3-4-18(9-19)20(25)11-23-10-17-6-7-21-22(8-17)29-14-28-21/h3-9,15-16,23H,10-14H2,1-2H3. The zero-order valence-electron chi connectivity index (χ0n) is 17.5. The predicted molar refractivity (Wildman–Crippen MR) is 114 cm³/mol. The number of sulfonamides is 1. The van der Waals surface area contributed by atoms with Crippen molar-refractivity contribution in [1.82, 2.24) is 9.62 Å². The molecule has 0 spiro atoms. The molecule has 0 aliphatic carbocycles. The van der Waals surface area contributed by atoms with Crippen LogP contribution in [0, 0.1) is 0 Å². The van der Waals surface area contributed by atoms with Gasteiger partial charge in [0.1, 0.15) is 0 Å². The third-order valence-electron chi connectivity index (χ3n) is 5.23. The molecule has 0 saturated carbocycles. The topological polar surface area (TPSA) is 94.2 Å². The van der Waals surface area contributed by atoms with Crippen molar-refractivity contribution in [3.8, 4) is 11.5 Å². The van der Waals surface area contributed by atoms with Crippen LogP contribution in [-0.2, 0) is 21.3 Å². The summed E-state index contributed by atoms with van der Waals surface area (Å²) in [6, 6.07) is 11.8. The first-order valence-corrected chi connectivity index (χ1v) is 11.6. The van der Waals surface area contributed by atoms with Crippen molar-refractivity contribution in [1.29, 1.82) is 0 Å². The molecule has 2 heterocycles. The number of nitrogens with one attached hydrogen (secondary N) is 1. The third kappa shape index (κ3) is 4.90. The summed E-state index contributed by atoms with van der Waals surface area (Å²) in [7, 11) is -3.70. The van der Waals surface area contributed by atoms with Gasteiger partial charge in [-0.25, -0.2) is 8.42 Å². The zero-order valence-corrected chi connectivity index (χ0v) is 18.4. The highest BCUT2D eigenvalue weighted by atomic mass is 32.2. The Morgan fingerprint density at radius 2 is 1.81 bits per heavy atom. The van der Waals surface area contributed by atoms with Crippen LogP contribution in [0.2, 0.25) is 0 Å². The average molecular weight is 447 g/mol. The van der Waals surface area contributed by atoms with Crippen LogP contribution in [0.1, 0.15) is 29.8 Å². The first-order valence-electron chi connectivity index (χ1n) is 10.2. The van der Waals surface area contributed by atoms with Gasteiger partial charge in [0.2, 0.25) is 16.8 Å². The largest absolute Gasteiger partial charge is 0.454 e. The van der Waals surface area contributed by atoms with E-state index in [-0.39, 0.29) is 36.2 Å². The number of rotatable bonds is 7. The number of ether oxygens (including phenoxy) is 3. The summed E-state index contributed by atoms with van der Waals surface area (Å²) >= 11 is 0. The molecular formula is C22H26N2O6S. The van der Waals surface area contributed by atoms with Gasteiger partial charge in [-0.05, 0) is 43.7 Å². The lowest BCUT2D eigenvalue weighted by atomic mass is 10.1. The monoisotopic (exact) mass is 446 g/mol. The lowest BCUT2D eigenvalue weighted by molar-refractivity contribution is -0.0440. The summed E-state index contributed by atoms with van der Waals surface area (Å²) in [5, 5.41) is 3.10. The fourth-order valence-corrected chi connectivity index (χ4v) is 5.42. The summed E-state index contributed by atoms with van der Waals surface area (Å²) in [5.41, 5.74) is 1.32. The molecule has 2 atom stereocenters. The SMILES string of the molecule is CC1CN(S(=O)(=O)c2cccc(C(=O)CNCc3ccc4c(c3)OCO4)c2)CC(C)O1. The van der Waals surface area contributed by atoms with Crippen LogP contribution in [0.15, 0.2) is 47.4 Å². The third-order valence-corrected chi connectivity index (χ3v) is 7.06. The molecule has 1 saturated heterocycles. The van der Waals surface area contributed by atoms with Gasteiger partial charge < -0.3 is 19.5 Å². The maximum Gasteiger partial charge on any atom is 0.243 e. The molecule has 0 bridgehead atoms. The zero-order chi connectivity index (χ0) is 22.0. The van der Waals surface area contributed by atoms with Crippen LogP contribution < -0.4 is 14.8 Å². The number of hydrogen-bond acceptors (Lipinski definition) is 7. The number of fused-ring (bicyclic) bond motifs is 1. The average Bonchev–Trinajstić information content (AvgIpc) is 3.21. The van der Waals surface area contributed by atoms with E-state index in [0.717, 1.165) is 5.56 Å². The van der Waals surface area contributed by atoms with Gasteiger partial charge in [0, 0.05) is 25.2 Å². The molecule has 2 aliphatic heterocycles.